The summed E-state index contributed by atoms with van der Waals surface area (Å²) in [6, 6.07) is 6.70. The lowest BCUT2D eigenvalue weighted by atomic mass is 10.1. The molecule has 0 spiro atoms. The van der Waals surface area contributed by atoms with E-state index < -0.39 is 10.0 Å². The number of benzene rings is 1. The molecule has 1 fully saturated rings. The summed E-state index contributed by atoms with van der Waals surface area (Å²) >= 11 is 0. The van der Waals surface area contributed by atoms with E-state index in [1.165, 1.54) is 4.31 Å². The molecule has 3 N–H and O–H groups in total. The number of nitrogens with two attached hydrogens (primary N) is 1. The topological polar surface area (TPSA) is 83.6 Å². The Morgan fingerprint density at radius 1 is 1.44 bits per heavy atom. The van der Waals surface area contributed by atoms with E-state index in [0.29, 0.717) is 26.1 Å². The molecule has 0 aliphatic carbocycles. The molecular weight excluding hydrogens is 252 g/mol. The van der Waals surface area contributed by atoms with Gasteiger partial charge in [0.25, 0.3) is 0 Å². The minimum atomic E-state index is -3.45. The molecule has 0 bridgehead atoms. The van der Waals surface area contributed by atoms with Crippen LogP contribution in [0.4, 0.5) is 0 Å². The van der Waals surface area contributed by atoms with E-state index in [1.807, 2.05) is 0 Å². The Morgan fingerprint density at radius 2 is 2.22 bits per heavy atom. The van der Waals surface area contributed by atoms with Crippen LogP contribution in [0.25, 0.3) is 0 Å². The van der Waals surface area contributed by atoms with Crippen molar-refractivity contribution in [1.82, 2.24) is 4.31 Å². The van der Waals surface area contributed by atoms with Gasteiger partial charge in [-0.1, -0.05) is 12.1 Å². The molecule has 1 aromatic rings. The highest BCUT2D eigenvalue weighted by molar-refractivity contribution is 7.89. The molecule has 100 valence electrons. The zero-order valence-electron chi connectivity index (χ0n) is 10.1. The highest BCUT2D eigenvalue weighted by Gasteiger charge is 2.32. The number of rotatable bonds is 4. The summed E-state index contributed by atoms with van der Waals surface area (Å²) in [6.45, 7) is 1.23. The zero-order chi connectivity index (χ0) is 13.2. The Kier molecular flexibility index (Phi) is 4.01. The lowest BCUT2D eigenvalue weighted by Crippen LogP contribution is -2.29. The van der Waals surface area contributed by atoms with E-state index in [9.17, 15) is 8.42 Å². The van der Waals surface area contributed by atoms with Crippen LogP contribution in [0.1, 0.15) is 12.0 Å². The van der Waals surface area contributed by atoms with Gasteiger partial charge in [-0.05, 0) is 30.0 Å². The average molecular weight is 270 g/mol. The third-order valence-corrected chi connectivity index (χ3v) is 5.14. The first kappa shape index (κ1) is 13.5. The van der Waals surface area contributed by atoms with Gasteiger partial charge in [0.1, 0.15) is 0 Å². The quantitative estimate of drug-likeness (QED) is 0.815. The van der Waals surface area contributed by atoms with E-state index in [-0.39, 0.29) is 17.4 Å². The highest BCUT2D eigenvalue weighted by Crippen LogP contribution is 2.24. The normalized spacial score (nSPS) is 21.3. The van der Waals surface area contributed by atoms with E-state index in [1.54, 1.807) is 24.3 Å². The first-order valence-electron chi connectivity index (χ1n) is 5.98. The van der Waals surface area contributed by atoms with Crippen molar-refractivity contribution in [3.05, 3.63) is 29.8 Å². The monoisotopic (exact) mass is 270 g/mol. The molecule has 1 unspecified atom stereocenters. The second kappa shape index (κ2) is 5.36. The van der Waals surface area contributed by atoms with Gasteiger partial charge in [-0.15, -0.1) is 0 Å². The van der Waals surface area contributed by atoms with E-state index >= 15 is 0 Å². The van der Waals surface area contributed by atoms with Crippen LogP contribution in [0.5, 0.6) is 0 Å². The van der Waals surface area contributed by atoms with Gasteiger partial charge in [-0.25, -0.2) is 8.42 Å². The molecule has 0 saturated carbocycles. The minimum Gasteiger partial charge on any atom is -0.396 e. The first-order chi connectivity index (χ1) is 8.57. The summed E-state index contributed by atoms with van der Waals surface area (Å²) in [7, 11) is -3.45. The Hall–Kier alpha value is -0.950. The van der Waals surface area contributed by atoms with Crippen LogP contribution in [0, 0.1) is 5.92 Å². The van der Waals surface area contributed by atoms with Crippen molar-refractivity contribution in [1.29, 1.82) is 0 Å². The van der Waals surface area contributed by atoms with Crippen LogP contribution >= 0.6 is 0 Å². The van der Waals surface area contributed by atoms with Crippen molar-refractivity contribution in [2.24, 2.45) is 11.7 Å². The second-order valence-electron chi connectivity index (χ2n) is 4.55. The fourth-order valence-corrected chi connectivity index (χ4v) is 3.75. The third-order valence-electron chi connectivity index (χ3n) is 3.28. The second-order valence-corrected chi connectivity index (χ2v) is 6.49. The third kappa shape index (κ3) is 2.56. The van der Waals surface area contributed by atoms with Gasteiger partial charge in [0.05, 0.1) is 4.90 Å². The summed E-state index contributed by atoms with van der Waals surface area (Å²) in [6.07, 6.45) is 0.715. The SMILES string of the molecule is NCc1cccc(S(=O)(=O)N2CCC(CO)C2)c1. The molecular formula is C12H18N2O3S. The Morgan fingerprint density at radius 3 is 2.83 bits per heavy atom. The zero-order valence-corrected chi connectivity index (χ0v) is 10.9. The van der Waals surface area contributed by atoms with Gasteiger partial charge in [-0.2, -0.15) is 4.31 Å². The predicted molar refractivity (Wildman–Crippen MR) is 68.3 cm³/mol. The van der Waals surface area contributed by atoms with Crippen molar-refractivity contribution in [3.8, 4) is 0 Å². The van der Waals surface area contributed by atoms with Gasteiger partial charge in [0, 0.05) is 26.2 Å². The Balaban J connectivity index is 2.25. The Bertz CT molecular complexity index is 516. The van der Waals surface area contributed by atoms with Crippen LogP contribution in [-0.4, -0.2) is 37.5 Å². The number of aliphatic hydroxyl groups excluding tert-OH is 1. The maximum absolute atomic E-state index is 12.4. The van der Waals surface area contributed by atoms with Gasteiger partial charge in [-0.3, -0.25) is 0 Å². The predicted octanol–water partition coefficient (Wildman–Crippen LogP) is 0.148. The van der Waals surface area contributed by atoms with Gasteiger partial charge >= 0.3 is 0 Å². The van der Waals surface area contributed by atoms with E-state index in [2.05, 4.69) is 0 Å². The standard InChI is InChI=1S/C12H18N2O3S/c13-7-10-2-1-3-12(6-10)18(16,17)14-5-4-11(8-14)9-15/h1-3,6,11,15H,4-5,7-9,13H2. The minimum absolute atomic E-state index is 0.0366. The largest absolute Gasteiger partial charge is 0.396 e. The summed E-state index contributed by atoms with van der Waals surface area (Å²) in [4.78, 5) is 0.282. The number of hydrogen-bond donors (Lipinski definition) is 2. The van der Waals surface area contributed by atoms with Crippen molar-refractivity contribution in [2.45, 2.75) is 17.9 Å². The molecule has 1 atom stereocenters. The van der Waals surface area contributed by atoms with Gasteiger partial charge in [0.2, 0.25) is 10.0 Å². The number of hydrogen-bond acceptors (Lipinski definition) is 4. The first-order valence-corrected chi connectivity index (χ1v) is 7.42. The van der Waals surface area contributed by atoms with Crippen LogP contribution in [0.3, 0.4) is 0 Å². The van der Waals surface area contributed by atoms with Crippen LogP contribution < -0.4 is 5.73 Å². The van der Waals surface area contributed by atoms with Crippen molar-refractivity contribution >= 4 is 10.0 Å². The molecule has 0 aromatic heterocycles. The molecule has 0 amide bonds. The molecule has 6 heteroatoms. The van der Waals surface area contributed by atoms with E-state index in [4.69, 9.17) is 10.8 Å². The van der Waals surface area contributed by atoms with Crippen molar-refractivity contribution in [2.75, 3.05) is 19.7 Å². The fourth-order valence-electron chi connectivity index (χ4n) is 2.15. The molecule has 0 radical (unpaired) electrons. The molecule has 1 aliphatic heterocycles. The summed E-state index contributed by atoms with van der Waals surface area (Å²) in [5.41, 5.74) is 6.32. The Labute approximate surface area is 107 Å². The maximum Gasteiger partial charge on any atom is 0.243 e. The molecule has 2 rings (SSSR count). The smallest absolute Gasteiger partial charge is 0.243 e. The molecule has 1 heterocycles. The molecule has 5 nitrogen and oxygen atoms in total. The number of nitrogens with zero attached hydrogens (tertiary/aromatic N) is 1. The highest BCUT2D eigenvalue weighted by atomic mass is 32.2. The summed E-state index contributed by atoms with van der Waals surface area (Å²) in [5.74, 6) is 0.0532. The van der Waals surface area contributed by atoms with E-state index in [0.717, 1.165) is 5.56 Å². The summed E-state index contributed by atoms with van der Waals surface area (Å²) in [5, 5.41) is 9.06. The maximum atomic E-state index is 12.4. The lowest BCUT2D eigenvalue weighted by molar-refractivity contribution is 0.233. The van der Waals surface area contributed by atoms with Crippen LogP contribution in [0.2, 0.25) is 0 Å². The molecule has 1 aliphatic rings. The molecule has 18 heavy (non-hydrogen) atoms. The van der Waals surface area contributed by atoms with Gasteiger partial charge in [0.15, 0.2) is 0 Å². The van der Waals surface area contributed by atoms with Crippen molar-refractivity contribution in [3.63, 3.8) is 0 Å². The van der Waals surface area contributed by atoms with Crippen molar-refractivity contribution < 1.29 is 13.5 Å². The molecule has 1 saturated heterocycles. The molecule has 1 aromatic carbocycles. The number of sulfonamides is 1. The average Bonchev–Trinajstić information content (AvgIpc) is 2.88. The van der Waals surface area contributed by atoms with Crippen LogP contribution in [-0.2, 0) is 16.6 Å². The van der Waals surface area contributed by atoms with Crippen LogP contribution in [0.15, 0.2) is 29.2 Å². The van der Waals surface area contributed by atoms with Gasteiger partial charge < -0.3 is 10.8 Å². The number of aliphatic hydroxyl groups is 1. The fraction of sp³-hybridized carbons (Fsp3) is 0.500. The lowest BCUT2D eigenvalue weighted by Gasteiger charge is -2.16. The summed E-state index contributed by atoms with van der Waals surface area (Å²) < 4.78 is 26.2.